The summed E-state index contributed by atoms with van der Waals surface area (Å²) in [4.78, 5) is 6.73. The van der Waals surface area contributed by atoms with Gasteiger partial charge in [0.2, 0.25) is 0 Å². The number of nitrogens with zero attached hydrogens (tertiary/aromatic N) is 2. The van der Waals surface area contributed by atoms with Crippen molar-refractivity contribution in [2.75, 3.05) is 34.8 Å². The Kier molecular flexibility index (Phi) is 5.56. The van der Waals surface area contributed by atoms with Crippen LogP contribution in [0.3, 0.4) is 0 Å². The Morgan fingerprint density at radius 2 is 2.06 bits per heavy atom. The lowest BCUT2D eigenvalue weighted by molar-refractivity contribution is 0.344. The number of aromatic nitrogens is 1. The minimum atomic E-state index is 0.401. The maximum atomic E-state index is 5.44. The van der Waals surface area contributed by atoms with E-state index in [4.69, 9.17) is 4.74 Å². The highest BCUT2D eigenvalue weighted by molar-refractivity contribution is 5.41. The number of rotatable bonds is 6. The second-order valence-corrected chi connectivity index (χ2v) is 5.00. The van der Waals surface area contributed by atoms with Crippen LogP contribution in [0, 0.1) is 13.8 Å². The number of aryl methyl sites for hydroxylation is 1. The summed E-state index contributed by atoms with van der Waals surface area (Å²) in [6.45, 7) is 5.10. The number of likely N-dealkylation sites (N-methyl/N-ethyl adjacent to an activating group) is 2. The van der Waals surface area contributed by atoms with Crippen molar-refractivity contribution in [2.45, 2.75) is 26.3 Å². The third-order valence-corrected chi connectivity index (χ3v) is 3.18. The van der Waals surface area contributed by atoms with Crippen LogP contribution in [0.5, 0.6) is 5.75 Å². The van der Waals surface area contributed by atoms with Crippen LogP contribution in [0.1, 0.15) is 16.8 Å². The van der Waals surface area contributed by atoms with E-state index in [0.717, 1.165) is 35.5 Å². The summed E-state index contributed by atoms with van der Waals surface area (Å²) in [6, 6.07) is 0.401. The number of hydrogen-bond acceptors (Lipinski definition) is 4. The van der Waals surface area contributed by atoms with Crippen molar-refractivity contribution in [2.24, 2.45) is 0 Å². The Bertz CT molecular complexity index is 391. The number of methoxy groups -OCH3 is 1. The highest BCUT2D eigenvalue weighted by Gasteiger charge is 2.14. The largest absolute Gasteiger partial charge is 0.496 e. The van der Waals surface area contributed by atoms with Gasteiger partial charge in [-0.25, -0.2) is 0 Å². The van der Waals surface area contributed by atoms with Gasteiger partial charge in [0.25, 0.3) is 0 Å². The van der Waals surface area contributed by atoms with Gasteiger partial charge in [-0.2, -0.15) is 0 Å². The Morgan fingerprint density at radius 3 is 2.56 bits per heavy atom. The first-order valence-electron chi connectivity index (χ1n) is 6.30. The van der Waals surface area contributed by atoms with Gasteiger partial charge in [0.1, 0.15) is 5.75 Å². The van der Waals surface area contributed by atoms with Crippen molar-refractivity contribution in [3.63, 3.8) is 0 Å². The molecule has 0 radical (unpaired) electrons. The van der Waals surface area contributed by atoms with E-state index in [9.17, 15) is 0 Å². The van der Waals surface area contributed by atoms with Gasteiger partial charge in [0.15, 0.2) is 0 Å². The second kappa shape index (κ2) is 6.71. The average molecular weight is 251 g/mol. The maximum Gasteiger partial charge on any atom is 0.128 e. The fourth-order valence-electron chi connectivity index (χ4n) is 2.21. The molecule has 0 aliphatic rings. The van der Waals surface area contributed by atoms with Crippen molar-refractivity contribution < 1.29 is 4.74 Å². The highest BCUT2D eigenvalue weighted by atomic mass is 16.5. The normalized spacial score (nSPS) is 12.8. The number of ether oxygens (including phenoxy) is 1. The molecule has 102 valence electrons. The Labute approximate surface area is 110 Å². The molecular formula is C14H25N3O. The first kappa shape index (κ1) is 14.9. The number of nitrogens with one attached hydrogen (secondary N) is 1. The zero-order valence-corrected chi connectivity index (χ0v) is 12.4. The third kappa shape index (κ3) is 3.68. The molecule has 0 aliphatic heterocycles. The summed E-state index contributed by atoms with van der Waals surface area (Å²) in [7, 11) is 7.88. The molecule has 1 unspecified atom stereocenters. The summed E-state index contributed by atoms with van der Waals surface area (Å²) >= 11 is 0. The molecule has 1 N–H and O–H groups in total. The van der Waals surface area contributed by atoms with Gasteiger partial charge in [0.05, 0.1) is 7.11 Å². The van der Waals surface area contributed by atoms with Crippen molar-refractivity contribution >= 4 is 0 Å². The van der Waals surface area contributed by atoms with Crippen molar-refractivity contribution in [1.29, 1.82) is 0 Å². The molecule has 1 atom stereocenters. The van der Waals surface area contributed by atoms with Gasteiger partial charge in [0, 0.05) is 42.0 Å². The van der Waals surface area contributed by atoms with Crippen LogP contribution < -0.4 is 10.1 Å². The van der Waals surface area contributed by atoms with Gasteiger partial charge >= 0.3 is 0 Å². The molecule has 1 heterocycles. The summed E-state index contributed by atoms with van der Waals surface area (Å²) in [5.74, 6) is 0.958. The zero-order valence-electron chi connectivity index (χ0n) is 12.4. The molecule has 1 rings (SSSR count). The molecule has 0 saturated heterocycles. The van der Waals surface area contributed by atoms with Gasteiger partial charge in [-0.3, -0.25) is 4.98 Å². The first-order chi connectivity index (χ1) is 8.49. The van der Waals surface area contributed by atoms with Crippen LogP contribution in [-0.2, 0) is 6.42 Å². The Balaban J connectivity index is 2.90. The van der Waals surface area contributed by atoms with Crippen LogP contribution in [0.15, 0.2) is 6.20 Å². The van der Waals surface area contributed by atoms with E-state index in [-0.39, 0.29) is 0 Å². The molecule has 0 aliphatic carbocycles. The molecule has 4 heteroatoms. The molecule has 0 spiro atoms. The fourth-order valence-corrected chi connectivity index (χ4v) is 2.21. The lowest BCUT2D eigenvalue weighted by Crippen LogP contribution is -2.38. The minimum Gasteiger partial charge on any atom is -0.496 e. The molecular weight excluding hydrogens is 226 g/mol. The van der Waals surface area contributed by atoms with E-state index in [1.165, 1.54) is 0 Å². The topological polar surface area (TPSA) is 37.4 Å². The van der Waals surface area contributed by atoms with E-state index in [0.29, 0.717) is 6.04 Å². The molecule has 0 amide bonds. The highest BCUT2D eigenvalue weighted by Crippen LogP contribution is 2.24. The molecule has 1 aromatic rings. The lowest BCUT2D eigenvalue weighted by Gasteiger charge is -2.21. The minimum absolute atomic E-state index is 0.401. The maximum absolute atomic E-state index is 5.44. The van der Waals surface area contributed by atoms with Crippen LogP contribution in [-0.4, -0.2) is 50.7 Å². The molecule has 0 saturated carbocycles. The van der Waals surface area contributed by atoms with Crippen LogP contribution >= 0.6 is 0 Å². The Hall–Kier alpha value is -1.13. The number of pyridine rings is 1. The summed E-state index contributed by atoms with van der Waals surface area (Å²) in [6.07, 6.45) is 2.81. The second-order valence-electron chi connectivity index (χ2n) is 5.00. The van der Waals surface area contributed by atoms with E-state index in [1.807, 2.05) is 20.2 Å². The quantitative estimate of drug-likeness (QED) is 0.829. The predicted molar refractivity (Wildman–Crippen MR) is 75.4 cm³/mol. The molecule has 18 heavy (non-hydrogen) atoms. The van der Waals surface area contributed by atoms with E-state index < -0.39 is 0 Å². The monoisotopic (exact) mass is 251 g/mol. The third-order valence-electron chi connectivity index (χ3n) is 3.18. The van der Waals surface area contributed by atoms with E-state index in [1.54, 1.807) is 7.11 Å². The van der Waals surface area contributed by atoms with Gasteiger partial charge < -0.3 is 15.0 Å². The summed E-state index contributed by atoms with van der Waals surface area (Å²) in [5, 5.41) is 3.34. The first-order valence-corrected chi connectivity index (χ1v) is 6.30. The van der Waals surface area contributed by atoms with Crippen molar-refractivity contribution in [1.82, 2.24) is 15.2 Å². The summed E-state index contributed by atoms with van der Waals surface area (Å²) in [5.41, 5.74) is 3.35. The van der Waals surface area contributed by atoms with Crippen LogP contribution in [0.4, 0.5) is 0 Å². The van der Waals surface area contributed by atoms with Gasteiger partial charge in [-0.05, 0) is 35.0 Å². The van der Waals surface area contributed by atoms with E-state index in [2.05, 4.69) is 36.2 Å². The molecule has 1 aromatic heterocycles. The Morgan fingerprint density at radius 1 is 1.39 bits per heavy atom. The molecule has 0 aromatic carbocycles. The predicted octanol–water partition coefficient (Wildman–Crippen LogP) is 1.40. The molecule has 0 fully saturated rings. The van der Waals surface area contributed by atoms with Gasteiger partial charge in [-0.15, -0.1) is 0 Å². The van der Waals surface area contributed by atoms with Crippen molar-refractivity contribution in [3.05, 3.63) is 23.0 Å². The lowest BCUT2D eigenvalue weighted by atomic mass is 10.0. The number of hydrogen-bond donors (Lipinski definition) is 1. The smallest absolute Gasteiger partial charge is 0.128 e. The van der Waals surface area contributed by atoms with Crippen LogP contribution in [0.2, 0.25) is 0 Å². The fraction of sp³-hybridized carbons (Fsp3) is 0.643. The summed E-state index contributed by atoms with van der Waals surface area (Å²) < 4.78 is 5.44. The SMILES string of the molecule is CNC(Cc1ncc(C)c(OC)c1C)CN(C)C. The van der Waals surface area contributed by atoms with Crippen molar-refractivity contribution in [3.8, 4) is 5.75 Å². The zero-order chi connectivity index (χ0) is 13.7. The van der Waals surface area contributed by atoms with Crippen LogP contribution in [0.25, 0.3) is 0 Å². The molecule has 0 bridgehead atoms. The standard InChI is InChI=1S/C14H25N3O/c1-10-8-16-13(11(2)14(10)18-6)7-12(15-3)9-17(4)5/h8,12,15H,7,9H2,1-6H3. The average Bonchev–Trinajstić information content (AvgIpc) is 2.31. The molecule has 4 nitrogen and oxygen atoms in total. The van der Waals surface area contributed by atoms with E-state index >= 15 is 0 Å². The van der Waals surface area contributed by atoms with Gasteiger partial charge in [-0.1, -0.05) is 0 Å².